The number of likely N-dealkylation sites (tertiary alicyclic amines) is 1. The first-order chi connectivity index (χ1) is 12.6. The zero-order valence-electron chi connectivity index (χ0n) is 14.4. The van der Waals surface area contributed by atoms with Gasteiger partial charge in [0.15, 0.2) is 11.5 Å². The maximum Gasteiger partial charge on any atom is 0.231 e. The fourth-order valence-electron chi connectivity index (χ4n) is 3.66. The average Bonchev–Trinajstić information content (AvgIpc) is 3.28. The molecule has 138 valence electrons. The van der Waals surface area contributed by atoms with Gasteiger partial charge in [0.05, 0.1) is 5.92 Å². The lowest BCUT2D eigenvalue weighted by molar-refractivity contribution is -0.139. The van der Waals surface area contributed by atoms with Crippen LogP contribution in [-0.2, 0) is 20.9 Å². The van der Waals surface area contributed by atoms with Gasteiger partial charge in [0.25, 0.3) is 0 Å². The van der Waals surface area contributed by atoms with Gasteiger partial charge in [-0.1, -0.05) is 6.07 Å². The summed E-state index contributed by atoms with van der Waals surface area (Å²) in [5.74, 6) is 1.10. The largest absolute Gasteiger partial charge is 0.454 e. The summed E-state index contributed by atoms with van der Waals surface area (Å²) in [5, 5.41) is 0. The van der Waals surface area contributed by atoms with E-state index in [-0.39, 0.29) is 30.9 Å². The zero-order chi connectivity index (χ0) is 18.1. The monoisotopic (exact) mass is 359 g/mol. The number of nitrogens with zero attached hydrogens (tertiary/aromatic N) is 3. The van der Waals surface area contributed by atoms with E-state index in [1.54, 1.807) is 14.7 Å². The van der Waals surface area contributed by atoms with Gasteiger partial charge >= 0.3 is 0 Å². The fraction of sp³-hybridized carbons (Fsp3) is 0.500. The molecule has 0 bridgehead atoms. The molecule has 2 fully saturated rings. The van der Waals surface area contributed by atoms with Crippen molar-refractivity contribution in [1.29, 1.82) is 0 Å². The summed E-state index contributed by atoms with van der Waals surface area (Å²) in [6.07, 6.45) is 1.06. The summed E-state index contributed by atoms with van der Waals surface area (Å²) in [4.78, 5) is 41.0. The van der Waals surface area contributed by atoms with Gasteiger partial charge in [-0.25, -0.2) is 0 Å². The number of carbonyl (C=O) groups is 3. The molecule has 3 aliphatic rings. The number of carbonyl (C=O) groups excluding carboxylic acids is 3. The highest BCUT2D eigenvalue weighted by atomic mass is 16.7. The van der Waals surface area contributed by atoms with Crippen LogP contribution in [0.5, 0.6) is 11.5 Å². The van der Waals surface area contributed by atoms with Crippen LogP contribution in [0.3, 0.4) is 0 Å². The number of hydrogen-bond donors (Lipinski definition) is 0. The normalized spacial score (nSPS) is 22.1. The molecular weight excluding hydrogens is 338 g/mol. The molecule has 1 unspecified atom stereocenters. The van der Waals surface area contributed by atoms with Crippen LogP contribution in [0, 0.1) is 5.92 Å². The Labute approximate surface area is 151 Å². The maximum atomic E-state index is 12.7. The Bertz CT molecular complexity index is 730. The van der Waals surface area contributed by atoms with Crippen molar-refractivity contribution in [3.8, 4) is 11.5 Å². The van der Waals surface area contributed by atoms with Gasteiger partial charge in [-0.2, -0.15) is 0 Å². The molecule has 8 nitrogen and oxygen atoms in total. The first-order valence-electron chi connectivity index (χ1n) is 8.78. The molecule has 0 aromatic heterocycles. The number of piperazine rings is 1. The summed E-state index contributed by atoms with van der Waals surface area (Å²) >= 11 is 0. The third-order valence-corrected chi connectivity index (χ3v) is 5.15. The Kier molecular flexibility index (Phi) is 4.40. The second kappa shape index (κ2) is 6.86. The molecule has 8 heteroatoms. The molecule has 3 heterocycles. The molecule has 0 radical (unpaired) electrons. The summed E-state index contributed by atoms with van der Waals surface area (Å²) in [7, 11) is 0. The maximum absolute atomic E-state index is 12.7. The first kappa shape index (κ1) is 16.7. The molecule has 0 spiro atoms. The average molecular weight is 359 g/mol. The van der Waals surface area contributed by atoms with Gasteiger partial charge in [-0.3, -0.25) is 14.4 Å². The van der Waals surface area contributed by atoms with Crippen molar-refractivity contribution in [2.24, 2.45) is 5.92 Å². The Hall–Kier alpha value is -2.77. The van der Waals surface area contributed by atoms with Crippen molar-refractivity contribution in [2.45, 2.75) is 13.0 Å². The van der Waals surface area contributed by atoms with Crippen molar-refractivity contribution in [2.75, 3.05) is 39.5 Å². The standard InChI is InChI=1S/C18H21N3O5/c22-11-19-3-5-20(6-4-19)18(24)14-8-17(23)21(10-14)9-13-1-2-15-16(7-13)26-12-25-15/h1-2,7,11,14H,3-6,8-10,12H2. The highest BCUT2D eigenvalue weighted by Crippen LogP contribution is 2.33. The molecule has 1 aromatic rings. The second-order valence-corrected chi connectivity index (χ2v) is 6.83. The van der Waals surface area contributed by atoms with Crippen LogP contribution >= 0.6 is 0 Å². The highest BCUT2D eigenvalue weighted by molar-refractivity contribution is 5.89. The minimum Gasteiger partial charge on any atom is -0.454 e. The molecule has 0 saturated carbocycles. The van der Waals surface area contributed by atoms with Gasteiger partial charge in [-0.15, -0.1) is 0 Å². The molecule has 26 heavy (non-hydrogen) atoms. The molecule has 2 saturated heterocycles. The summed E-state index contributed by atoms with van der Waals surface area (Å²) in [5.41, 5.74) is 0.954. The van der Waals surface area contributed by atoms with Crippen LogP contribution in [0.4, 0.5) is 0 Å². The van der Waals surface area contributed by atoms with Crippen LogP contribution in [0.15, 0.2) is 18.2 Å². The molecule has 4 rings (SSSR count). The SMILES string of the molecule is O=CN1CCN(C(=O)C2CC(=O)N(Cc3ccc4c(c3)OCO4)C2)CC1. The summed E-state index contributed by atoms with van der Waals surface area (Å²) in [6, 6.07) is 5.63. The smallest absolute Gasteiger partial charge is 0.231 e. The Morgan fingerprint density at radius 1 is 1.15 bits per heavy atom. The van der Waals surface area contributed by atoms with Crippen LogP contribution in [0.2, 0.25) is 0 Å². The van der Waals surface area contributed by atoms with Crippen LogP contribution < -0.4 is 9.47 Å². The number of amides is 3. The van der Waals surface area contributed by atoms with Crippen molar-refractivity contribution >= 4 is 18.2 Å². The summed E-state index contributed by atoms with van der Waals surface area (Å²) in [6.45, 7) is 3.27. The lowest BCUT2D eigenvalue weighted by Crippen LogP contribution is -2.50. The van der Waals surface area contributed by atoms with Gasteiger partial charge in [0.2, 0.25) is 25.0 Å². The van der Waals surface area contributed by atoms with E-state index in [0.717, 1.165) is 12.0 Å². The Balaban J connectivity index is 1.36. The molecule has 3 aliphatic heterocycles. The Morgan fingerprint density at radius 3 is 2.69 bits per heavy atom. The van der Waals surface area contributed by atoms with E-state index in [1.807, 2.05) is 18.2 Å². The second-order valence-electron chi connectivity index (χ2n) is 6.83. The van der Waals surface area contributed by atoms with Gasteiger partial charge in [0, 0.05) is 45.7 Å². The summed E-state index contributed by atoms with van der Waals surface area (Å²) < 4.78 is 10.7. The van der Waals surface area contributed by atoms with E-state index in [9.17, 15) is 14.4 Å². The number of benzene rings is 1. The molecule has 0 aliphatic carbocycles. The highest BCUT2D eigenvalue weighted by Gasteiger charge is 2.37. The van der Waals surface area contributed by atoms with Crippen molar-refractivity contribution < 1.29 is 23.9 Å². The molecule has 1 atom stereocenters. The van der Waals surface area contributed by atoms with E-state index >= 15 is 0 Å². The predicted octanol–water partition coefficient (Wildman–Crippen LogP) is 0.0644. The minimum absolute atomic E-state index is 0.00690. The van der Waals surface area contributed by atoms with E-state index in [1.165, 1.54) is 0 Å². The lowest BCUT2D eigenvalue weighted by Gasteiger charge is -2.33. The molecule has 0 N–H and O–H groups in total. The van der Waals surface area contributed by atoms with E-state index in [0.29, 0.717) is 50.8 Å². The third-order valence-electron chi connectivity index (χ3n) is 5.15. The lowest BCUT2D eigenvalue weighted by atomic mass is 10.1. The molecular formula is C18H21N3O5. The van der Waals surface area contributed by atoms with Gasteiger partial charge in [-0.05, 0) is 17.7 Å². The number of fused-ring (bicyclic) bond motifs is 1. The molecule has 3 amide bonds. The first-order valence-corrected chi connectivity index (χ1v) is 8.78. The van der Waals surface area contributed by atoms with Crippen molar-refractivity contribution in [1.82, 2.24) is 14.7 Å². The van der Waals surface area contributed by atoms with Crippen molar-refractivity contribution in [3.63, 3.8) is 0 Å². The fourth-order valence-corrected chi connectivity index (χ4v) is 3.66. The van der Waals surface area contributed by atoms with Gasteiger partial charge in [0.1, 0.15) is 0 Å². The van der Waals surface area contributed by atoms with Crippen molar-refractivity contribution in [3.05, 3.63) is 23.8 Å². The number of hydrogen-bond acceptors (Lipinski definition) is 5. The van der Waals surface area contributed by atoms with Crippen LogP contribution in [-0.4, -0.2) is 72.4 Å². The third kappa shape index (κ3) is 3.18. The van der Waals surface area contributed by atoms with E-state index in [4.69, 9.17) is 9.47 Å². The Morgan fingerprint density at radius 2 is 1.92 bits per heavy atom. The van der Waals surface area contributed by atoms with E-state index < -0.39 is 0 Å². The molecule has 1 aromatic carbocycles. The predicted molar refractivity (Wildman–Crippen MR) is 90.3 cm³/mol. The topological polar surface area (TPSA) is 79.4 Å². The number of ether oxygens (including phenoxy) is 2. The van der Waals surface area contributed by atoms with Gasteiger partial charge < -0.3 is 24.2 Å². The van der Waals surface area contributed by atoms with Crippen LogP contribution in [0.25, 0.3) is 0 Å². The zero-order valence-corrected chi connectivity index (χ0v) is 14.4. The van der Waals surface area contributed by atoms with Crippen LogP contribution in [0.1, 0.15) is 12.0 Å². The quantitative estimate of drug-likeness (QED) is 0.711. The number of rotatable bonds is 4. The minimum atomic E-state index is -0.306. The van der Waals surface area contributed by atoms with E-state index in [2.05, 4.69) is 0 Å².